The van der Waals surface area contributed by atoms with Crippen LogP contribution in [0.4, 0.5) is 0 Å². The van der Waals surface area contributed by atoms with Crippen LogP contribution in [0.15, 0.2) is 14.4 Å². The van der Waals surface area contributed by atoms with E-state index in [9.17, 15) is 14.4 Å². The lowest BCUT2D eigenvalue weighted by Gasteiger charge is -1.49. The van der Waals surface area contributed by atoms with Gasteiger partial charge in [0.05, 0.1) is 0 Å². The Bertz CT molecular complexity index is 469. The van der Waals surface area contributed by atoms with Gasteiger partial charge in [0, 0.05) is 0 Å². The molecule has 0 aliphatic heterocycles. The standard InChI is InChI=1S/C4HN3O3/c5-7-1-2(8)4(10)6-3(1)9/h(H,6,9,10). The fourth-order valence-electron chi connectivity index (χ4n) is 0.521. The summed E-state index contributed by atoms with van der Waals surface area (Å²) in [5.41, 5.74) is 4.86. The van der Waals surface area contributed by atoms with Crippen LogP contribution >= 0.6 is 0 Å². The average molecular weight is 139 g/mol. The van der Waals surface area contributed by atoms with E-state index in [-0.39, 0.29) is 0 Å². The summed E-state index contributed by atoms with van der Waals surface area (Å²) < 4.78 is 0. The number of hydrogen-bond acceptors (Lipinski definition) is 3. The zero-order valence-electron chi connectivity index (χ0n) is 4.62. The molecule has 0 fully saturated rings. The Kier molecular flexibility index (Phi) is 1.17. The molecule has 1 heterocycles. The lowest BCUT2D eigenvalue weighted by molar-refractivity contribution is -0.0680. The van der Waals surface area contributed by atoms with Gasteiger partial charge in [-0.3, -0.25) is 19.4 Å². The van der Waals surface area contributed by atoms with Gasteiger partial charge in [-0.15, -0.1) is 0 Å². The normalized spacial score (nSPS) is 9.20. The Morgan fingerprint density at radius 2 is 1.80 bits per heavy atom. The Labute approximate surface area is 52.7 Å². The summed E-state index contributed by atoms with van der Waals surface area (Å²) in [6.07, 6.45) is 0. The van der Waals surface area contributed by atoms with Crippen molar-refractivity contribution in [2.45, 2.75) is 0 Å². The first kappa shape index (κ1) is 6.31. The first-order valence-corrected chi connectivity index (χ1v) is 2.29. The maximum Gasteiger partial charge on any atom is 0.432 e. The smallest absolute Gasteiger partial charge is 0.360 e. The number of aromatic amines is 1. The van der Waals surface area contributed by atoms with Crippen LogP contribution in [-0.4, -0.2) is 9.77 Å². The van der Waals surface area contributed by atoms with Gasteiger partial charge in [0.2, 0.25) is 0 Å². The topological polar surface area (TPSA) is 103 Å². The summed E-state index contributed by atoms with van der Waals surface area (Å²) in [7, 11) is 0. The Hall–Kier alpha value is -1.81. The lowest BCUT2D eigenvalue weighted by atomic mass is 10.6. The summed E-state index contributed by atoms with van der Waals surface area (Å²) in [4.78, 5) is 35.1. The highest BCUT2D eigenvalue weighted by Gasteiger charge is 2.10. The van der Waals surface area contributed by atoms with Crippen LogP contribution in [0.1, 0.15) is 0 Å². The van der Waals surface area contributed by atoms with Crippen LogP contribution in [0.25, 0.3) is 5.53 Å². The molecule has 10 heavy (non-hydrogen) atoms. The van der Waals surface area contributed by atoms with E-state index in [0.717, 1.165) is 0 Å². The van der Waals surface area contributed by atoms with Crippen LogP contribution < -0.4 is 21.9 Å². The minimum Gasteiger partial charge on any atom is -0.360 e. The molecule has 0 saturated heterocycles. The first-order chi connectivity index (χ1) is 4.66. The largest absolute Gasteiger partial charge is 0.432 e. The van der Waals surface area contributed by atoms with E-state index in [1.165, 1.54) is 0 Å². The number of aromatic nitrogens is 1. The summed E-state index contributed by atoms with van der Waals surface area (Å²) >= 11 is 0. The van der Waals surface area contributed by atoms with E-state index < -0.39 is 21.9 Å². The molecule has 1 aromatic heterocycles. The van der Waals surface area contributed by atoms with Crippen LogP contribution in [0.5, 0.6) is 0 Å². The summed E-state index contributed by atoms with van der Waals surface area (Å²) in [5, 5.41) is -0.759. The van der Waals surface area contributed by atoms with Gasteiger partial charge in [0.25, 0.3) is 0 Å². The van der Waals surface area contributed by atoms with Gasteiger partial charge in [-0.2, -0.15) is 4.79 Å². The molecule has 0 radical (unpaired) electrons. The summed E-state index contributed by atoms with van der Waals surface area (Å²) in [5.74, 6) is 0. The molecule has 6 nitrogen and oxygen atoms in total. The molecule has 0 spiro atoms. The molecule has 0 amide bonds. The third kappa shape index (κ3) is 0.636. The molecule has 0 atom stereocenters. The van der Waals surface area contributed by atoms with Crippen molar-refractivity contribution in [3.05, 3.63) is 41.8 Å². The van der Waals surface area contributed by atoms with Crippen molar-refractivity contribution in [1.82, 2.24) is 4.98 Å². The molecule has 6 heteroatoms. The van der Waals surface area contributed by atoms with Crippen LogP contribution in [0, 0.1) is 0 Å². The zero-order valence-corrected chi connectivity index (χ0v) is 4.62. The molecule has 0 aromatic carbocycles. The van der Waals surface area contributed by atoms with Gasteiger partial charge in [0.1, 0.15) is 0 Å². The van der Waals surface area contributed by atoms with Crippen molar-refractivity contribution in [2.75, 3.05) is 0 Å². The highest BCUT2D eigenvalue weighted by molar-refractivity contribution is 4.87. The van der Waals surface area contributed by atoms with Gasteiger partial charge in [-0.05, 0) is 0 Å². The van der Waals surface area contributed by atoms with Gasteiger partial charge < -0.3 is 5.53 Å². The third-order valence-corrected chi connectivity index (χ3v) is 0.963. The van der Waals surface area contributed by atoms with Gasteiger partial charge >= 0.3 is 21.9 Å². The van der Waals surface area contributed by atoms with Crippen molar-refractivity contribution in [3.8, 4) is 0 Å². The predicted octanol–water partition coefficient (Wildman–Crippen LogP) is -2.90. The van der Waals surface area contributed by atoms with E-state index in [4.69, 9.17) is 5.53 Å². The Morgan fingerprint density at radius 1 is 1.20 bits per heavy atom. The fraction of sp³-hybridized carbons (Fsp3) is 0. The van der Waals surface area contributed by atoms with Crippen molar-refractivity contribution < 1.29 is 4.79 Å². The van der Waals surface area contributed by atoms with Gasteiger partial charge in [-0.1, -0.05) is 0 Å². The second-order valence-corrected chi connectivity index (χ2v) is 1.56. The van der Waals surface area contributed by atoms with Crippen LogP contribution in [0.3, 0.4) is 0 Å². The average Bonchev–Trinajstić information content (AvgIpc) is 2.09. The number of H-pyrrole nitrogens is 1. The Balaban J connectivity index is 4.25. The van der Waals surface area contributed by atoms with E-state index in [2.05, 4.69) is 4.79 Å². The molecule has 1 N–H and O–H groups in total. The number of nitrogens with zero attached hydrogens (tertiary/aromatic N) is 2. The van der Waals surface area contributed by atoms with E-state index >= 15 is 0 Å². The molecule has 0 aliphatic carbocycles. The molecule has 0 aliphatic rings. The second-order valence-electron chi connectivity index (χ2n) is 1.56. The van der Waals surface area contributed by atoms with Gasteiger partial charge in [-0.25, -0.2) is 0 Å². The van der Waals surface area contributed by atoms with Gasteiger partial charge in [0.15, 0.2) is 0 Å². The minimum atomic E-state index is -1.10. The molecule has 0 saturated carbocycles. The summed E-state index contributed by atoms with van der Waals surface area (Å²) in [6.45, 7) is 0. The predicted molar refractivity (Wildman–Crippen MR) is 28.7 cm³/mol. The lowest BCUT2D eigenvalue weighted by Crippen LogP contribution is -2.36. The van der Waals surface area contributed by atoms with Crippen LogP contribution in [-0.2, 0) is 0 Å². The minimum absolute atomic E-state index is 0.759. The monoisotopic (exact) mass is 139 g/mol. The molecular weight excluding hydrogens is 138 g/mol. The van der Waals surface area contributed by atoms with E-state index in [0.29, 0.717) is 0 Å². The van der Waals surface area contributed by atoms with Crippen molar-refractivity contribution in [3.63, 3.8) is 0 Å². The highest BCUT2D eigenvalue weighted by atomic mass is 16.2. The number of rotatable bonds is 0. The number of nitrogens with one attached hydrogen (secondary N) is 1. The van der Waals surface area contributed by atoms with Crippen LogP contribution in [0.2, 0.25) is 0 Å². The van der Waals surface area contributed by atoms with Crippen molar-refractivity contribution in [1.29, 1.82) is 0 Å². The maximum atomic E-state index is 10.4. The second kappa shape index (κ2) is 1.85. The van der Waals surface area contributed by atoms with Crippen molar-refractivity contribution in [2.24, 2.45) is 0 Å². The van der Waals surface area contributed by atoms with E-state index in [1.54, 1.807) is 4.98 Å². The third-order valence-electron chi connectivity index (χ3n) is 0.963. The van der Waals surface area contributed by atoms with Crippen molar-refractivity contribution >= 4 is 0 Å². The Morgan fingerprint density at radius 3 is 2.00 bits per heavy atom. The SMILES string of the molecule is [N-]=[N+]=c1c(=O)[nH]c(=O)c1=O. The fourth-order valence-corrected chi connectivity index (χ4v) is 0.521. The molecule has 1 rings (SSSR count). The first-order valence-electron chi connectivity index (χ1n) is 2.29. The maximum absolute atomic E-state index is 10.4. The highest BCUT2D eigenvalue weighted by Crippen LogP contribution is 1.28. The number of hydrogen-bond donors (Lipinski definition) is 1. The molecule has 0 bridgehead atoms. The molecule has 50 valence electrons. The zero-order chi connectivity index (χ0) is 7.72. The molecule has 1 aromatic rings. The summed E-state index contributed by atoms with van der Waals surface area (Å²) in [6, 6.07) is 0. The quantitative estimate of drug-likeness (QED) is 0.237. The molecule has 0 unspecified atom stereocenters. The molecular formula is C4HN3O3. The van der Waals surface area contributed by atoms with E-state index in [1.807, 2.05) is 0 Å².